The lowest BCUT2D eigenvalue weighted by molar-refractivity contribution is -0.342. The molecule has 2 aliphatic rings. The number of aliphatic hydroxyl groups is 1. The molecule has 0 aromatic heterocycles. The third kappa shape index (κ3) is 5.13. The highest BCUT2D eigenvalue weighted by Gasteiger charge is 2.49. The minimum absolute atomic E-state index is 0.159. The van der Waals surface area contributed by atoms with Crippen LogP contribution < -0.4 is 9.47 Å². The van der Waals surface area contributed by atoms with Crippen LogP contribution in [0.3, 0.4) is 0 Å². The van der Waals surface area contributed by atoms with Crippen molar-refractivity contribution >= 4 is 0 Å². The van der Waals surface area contributed by atoms with Gasteiger partial charge in [-0.15, -0.1) is 0 Å². The fraction of sp³-hybridized carbons (Fsp3) is 0.455. The molecule has 2 aliphatic heterocycles. The normalized spacial score (nSPS) is 29.4. The van der Waals surface area contributed by atoms with Crippen LogP contribution in [0, 0.1) is 0 Å². The molecule has 0 saturated carbocycles. The summed E-state index contributed by atoms with van der Waals surface area (Å²) in [5, 5.41) is 14.6. The zero-order chi connectivity index (χ0) is 22.3. The molecule has 1 unspecified atom stereocenters. The summed E-state index contributed by atoms with van der Waals surface area (Å²) in [6, 6.07) is 15.6. The minimum Gasteiger partial charge on any atom is -0.497 e. The van der Waals surface area contributed by atoms with Crippen molar-refractivity contribution < 1.29 is 33.5 Å². The van der Waals surface area contributed by atoms with Gasteiger partial charge in [0.1, 0.15) is 36.4 Å². The molecule has 2 heterocycles. The molecule has 2 aromatic rings. The second kappa shape index (κ2) is 10.6. The average Bonchev–Trinajstić information content (AvgIpc) is 2.85. The Hall–Kier alpha value is -2.85. The molecule has 6 atom stereocenters. The van der Waals surface area contributed by atoms with Crippen LogP contribution in [-0.4, -0.2) is 62.7 Å². The summed E-state index contributed by atoms with van der Waals surface area (Å²) in [6.07, 6.45) is -4.00. The van der Waals surface area contributed by atoms with Crippen molar-refractivity contribution in [3.8, 4) is 11.5 Å². The zero-order valence-corrected chi connectivity index (χ0v) is 17.5. The predicted molar refractivity (Wildman–Crippen MR) is 112 cm³/mol. The first kappa shape index (κ1) is 22.3. The van der Waals surface area contributed by atoms with Gasteiger partial charge in [-0.25, -0.2) is 0 Å². The highest BCUT2D eigenvalue weighted by atomic mass is 16.7. The van der Waals surface area contributed by atoms with E-state index in [-0.39, 0.29) is 19.8 Å². The van der Waals surface area contributed by atoms with Gasteiger partial charge in [0.15, 0.2) is 12.6 Å². The van der Waals surface area contributed by atoms with E-state index >= 15 is 0 Å². The summed E-state index contributed by atoms with van der Waals surface area (Å²) in [4.78, 5) is 2.84. The fourth-order valence-electron chi connectivity index (χ4n) is 3.67. The molecule has 4 rings (SSSR count). The molecule has 2 saturated heterocycles. The molecule has 10 nitrogen and oxygen atoms in total. The summed E-state index contributed by atoms with van der Waals surface area (Å²) in [7, 11) is 1.59. The molecular formula is C22H25N3O7. The lowest BCUT2D eigenvalue weighted by atomic mass is 9.96. The molecule has 0 aliphatic carbocycles. The highest BCUT2D eigenvalue weighted by molar-refractivity contribution is 5.31. The van der Waals surface area contributed by atoms with Crippen molar-refractivity contribution in [3.63, 3.8) is 0 Å². The Morgan fingerprint density at radius 1 is 1.06 bits per heavy atom. The number of hydrogen-bond donors (Lipinski definition) is 1. The van der Waals surface area contributed by atoms with E-state index in [1.165, 1.54) is 0 Å². The average molecular weight is 443 g/mol. The van der Waals surface area contributed by atoms with Gasteiger partial charge in [0.2, 0.25) is 0 Å². The summed E-state index contributed by atoms with van der Waals surface area (Å²) in [6.45, 7) is 0.599. The van der Waals surface area contributed by atoms with E-state index < -0.39 is 36.9 Å². The predicted octanol–water partition coefficient (Wildman–Crippen LogP) is 2.97. The molecule has 2 aromatic carbocycles. The number of methoxy groups -OCH3 is 1. The second-order valence-electron chi connectivity index (χ2n) is 7.30. The van der Waals surface area contributed by atoms with Crippen LogP contribution in [0.25, 0.3) is 10.4 Å². The van der Waals surface area contributed by atoms with Crippen molar-refractivity contribution in [2.45, 2.75) is 36.9 Å². The van der Waals surface area contributed by atoms with Crippen LogP contribution in [0.4, 0.5) is 0 Å². The van der Waals surface area contributed by atoms with E-state index in [1.807, 2.05) is 30.3 Å². The molecule has 32 heavy (non-hydrogen) atoms. The molecule has 0 radical (unpaired) electrons. The first-order valence-corrected chi connectivity index (χ1v) is 10.3. The van der Waals surface area contributed by atoms with Gasteiger partial charge < -0.3 is 33.5 Å². The van der Waals surface area contributed by atoms with Crippen LogP contribution in [0.2, 0.25) is 0 Å². The number of benzene rings is 2. The number of rotatable bonds is 8. The number of nitrogens with zero attached hydrogens (tertiary/aromatic N) is 3. The van der Waals surface area contributed by atoms with Crippen LogP contribution in [0.5, 0.6) is 11.5 Å². The Labute approximate surface area is 185 Å². The highest BCUT2D eigenvalue weighted by Crippen LogP contribution is 2.35. The minimum atomic E-state index is -1.12. The van der Waals surface area contributed by atoms with Crippen LogP contribution >= 0.6 is 0 Å². The summed E-state index contributed by atoms with van der Waals surface area (Å²) >= 11 is 0. The van der Waals surface area contributed by atoms with Gasteiger partial charge in [0, 0.05) is 10.5 Å². The van der Waals surface area contributed by atoms with E-state index in [0.717, 1.165) is 11.3 Å². The zero-order valence-electron chi connectivity index (χ0n) is 17.5. The van der Waals surface area contributed by atoms with E-state index in [0.29, 0.717) is 5.75 Å². The third-order valence-corrected chi connectivity index (χ3v) is 5.28. The lowest BCUT2D eigenvalue weighted by Crippen LogP contribution is -2.61. The maximum absolute atomic E-state index is 10.9. The smallest absolute Gasteiger partial charge is 0.184 e. The maximum atomic E-state index is 10.9. The largest absolute Gasteiger partial charge is 0.497 e. The maximum Gasteiger partial charge on any atom is 0.184 e. The van der Waals surface area contributed by atoms with Crippen molar-refractivity contribution in [1.29, 1.82) is 0 Å². The first-order valence-electron chi connectivity index (χ1n) is 10.3. The second-order valence-corrected chi connectivity index (χ2v) is 7.30. The van der Waals surface area contributed by atoms with Crippen molar-refractivity contribution in [2.75, 3.05) is 26.9 Å². The van der Waals surface area contributed by atoms with Gasteiger partial charge in [-0.3, -0.25) is 0 Å². The van der Waals surface area contributed by atoms with Crippen LogP contribution in [0.1, 0.15) is 11.9 Å². The monoisotopic (exact) mass is 443 g/mol. The molecule has 170 valence electrons. The number of ether oxygens (including phenoxy) is 6. The van der Waals surface area contributed by atoms with Gasteiger partial charge in [-0.2, -0.15) is 0 Å². The van der Waals surface area contributed by atoms with Crippen molar-refractivity contribution in [1.82, 2.24) is 0 Å². The number of azide groups is 1. The molecule has 0 amide bonds. The Morgan fingerprint density at radius 3 is 2.53 bits per heavy atom. The van der Waals surface area contributed by atoms with Gasteiger partial charge in [-0.05, 0) is 29.8 Å². The first-order chi connectivity index (χ1) is 15.7. The Morgan fingerprint density at radius 2 is 1.81 bits per heavy atom. The molecular weight excluding hydrogens is 418 g/mol. The standard InChI is InChI=1S/C22H25N3O7/c1-27-15-7-9-16(10-8-15)28-11-12-29-22-18(24-25-23)19(26)20-17(31-22)13-30-21(32-20)14-5-3-2-4-6-14/h2-10,17-22,26H,11-13H2,1H3/t17-,18-,19-,20+,21?,22-/m1/s1. The molecule has 0 spiro atoms. The van der Waals surface area contributed by atoms with Crippen LogP contribution in [-0.2, 0) is 18.9 Å². The van der Waals surface area contributed by atoms with Gasteiger partial charge in [0.25, 0.3) is 0 Å². The number of hydrogen-bond acceptors (Lipinski definition) is 8. The molecule has 2 fully saturated rings. The summed E-state index contributed by atoms with van der Waals surface area (Å²) < 4.78 is 34.1. The molecule has 10 heteroatoms. The van der Waals surface area contributed by atoms with E-state index in [2.05, 4.69) is 10.0 Å². The van der Waals surface area contributed by atoms with Gasteiger partial charge in [-0.1, -0.05) is 35.4 Å². The Balaban J connectivity index is 1.34. The van der Waals surface area contributed by atoms with Crippen LogP contribution in [0.15, 0.2) is 59.7 Å². The van der Waals surface area contributed by atoms with E-state index in [9.17, 15) is 5.11 Å². The quantitative estimate of drug-likeness (QED) is 0.288. The fourth-order valence-corrected chi connectivity index (χ4v) is 3.67. The SMILES string of the molecule is COc1ccc(OCCO[C@@H]2O[C@@H]3COC(c4ccccc4)O[C@@H]3[C@H](O)[C@H]2N=[N+]=[N-])cc1. The number of fused-ring (bicyclic) bond motifs is 1. The van der Waals surface area contributed by atoms with E-state index in [4.69, 9.17) is 34.0 Å². The van der Waals surface area contributed by atoms with Crippen molar-refractivity contribution in [2.24, 2.45) is 5.11 Å². The topological polar surface area (TPSA) is 124 Å². The third-order valence-electron chi connectivity index (χ3n) is 5.28. The number of aliphatic hydroxyl groups excluding tert-OH is 1. The van der Waals surface area contributed by atoms with Crippen molar-refractivity contribution in [3.05, 3.63) is 70.6 Å². The summed E-state index contributed by atoms with van der Waals surface area (Å²) in [5.41, 5.74) is 9.81. The van der Waals surface area contributed by atoms with Gasteiger partial charge in [0.05, 0.1) is 26.4 Å². The van der Waals surface area contributed by atoms with E-state index in [1.54, 1.807) is 31.4 Å². The summed E-state index contributed by atoms with van der Waals surface area (Å²) in [5.74, 6) is 1.39. The van der Waals surface area contributed by atoms with Gasteiger partial charge >= 0.3 is 0 Å². The lowest BCUT2D eigenvalue weighted by Gasteiger charge is -2.46. The molecule has 1 N–H and O–H groups in total. The molecule has 0 bridgehead atoms. The Kier molecular flexibility index (Phi) is 7.43. The Bertz CT molecular complexity index is 908.